The molecule has 0 spiro atoms. The van der Waals surface area contributed by atoms with Gasteiger partial charge in [0.25, 0.3) is 0 Å². The molecule has 1 aromatic rings. The van der Waals surface area contributed by atoms with E-state index in [9.17, 15) is 4.79 Å². The molecule has 0 radical (unpaired) electrons. The summed E-state index contributed by atoms with van der Waals surface area (Å²) in [4.78, 5) is 10.3. The summed E-state index contributed by atoms with van der Waals surface area (Å²) < 4.78 is 5.04. The molecule has 1 aromatic carbocycles. The highest BCUT2D eigenvalue weighted by Gasteiger charge is 2.02. The molecule has 0 amide bonds. The van der Waals surface area contributed by atoms with Crippen LogP contribution in [-0.2, 0) is 11.2 Å². The molecule has 0 aliphatic heterocycles. The highest BCUT2D eigenvalue weighted by atomic mass is 35.5. The SMILES string of the molecule is COc1ccc(CCSCC(=O)O)cc1Cl. The van der Waals surface area contributed by atoms with Crippen LogP contribution in [0.4, 0.5) is 0 Å². The van der Waals surface area contributed by atoms with Crippen molar-refractivity contribution >= 4 is 29.3 Å². The first-order chi connectivity index (χ1) is 7.63. The molecular weight excluding hydrogens is 248 g/mol. The number of carbonyl (C=O) groups is 1. The standard InChI is InChI=1S/C11H13ClO3S/c1-15-10-3-2-8(6-9(10)12)4-5-16-7-11(13)14/h2-3,6H,4-5,7H2,1H3,(H,13,14). The number of aryl methyl sites for hydroxylation is 1. The lowest BCUT2D eigenvalue weighted by molar-refractivity contribution is -0.133. The maximum atomic E-state index is 10.3. The van der Waals surface area contributed by atoms with E-state index >= 15 is 0 Å². The molecule has 1 rings (SSSR count). The van der Waals surface area contributed by atoms with Gasteiger partial charge in [0.15, 0.2) is 0 Å². The molecule has 88 valence electrons. The van der Waals surface area contributed by atoms with Gasteiger partial charge >= 0.3 is 5.97 Å². The summed E-state index contributed by atoms with van der Waals surface area (Å²) in [5.74, 6) is 0.792. The number of ether oxygens (including phenoxy) is 1. The number of thioether (sulfide) groups is 1. The Labute approximate surface area is 104 Å². The monoisotopic (exact) mass is 260 g/mol. The average molecular weight is 261 g/mol. The van der Waals surface area contributed by atoms with E-state index in [4.69, 9.17) is 21.4 Å². The van der Waals surface area contributed by atoms with E-state index in [0.29, 0.717) is 10.8 Å². The van der Waals surface area contributed by atoms with Gasteiger partial charge in [-0.2, -0.15) is 0 Å². The number of hydrogen-bond donors (Lipinski definition) is 1. The van der Waals surface area contributed by atoms with Crippen molar-refractivity contribution in [2.24, 2.45) is 0 Å². The summed E-state index contributed by atoms with van der Waals surface area (Å²) in [6.45, 7) is 0. The van der Waals surface area contributed by atoms with E-state index in [1.54, 1.807) is 7.11 Å². The van der Waals surface area contributed by atoms with Crippen molar-refractivity contribution in [1.29, 1.82) is 0 Å². The minimum atomic E-state index is -0.780. The van der Waals surface area contributed by atoms with Crippen LogP contribution in [0.25, 0.3) is 0 Å². The first-order valence-corrected chi connectivity index (χ1v) is 6.28. The first kappa shape index (κ1) is 13.2. The van der Waals surface area contributed by atoms with Crippen molar-refractivity contribution in [3.63, 3.8) is 0 Å². The predicted molar refractivity (Wildman–Crippen MR) is 66.7 cm³/mol. The van der Waals surface area contributed by atoms with Gasteiger partial charge in [0.05, 0.1) is 17.9 Å². The molecule has 0 unspecified atom stereocenters. The quantitative estimate of drug-likeness (QED) is 0.799. The van der Waals surface area contributed by atoms with Gasteiger partial charge in [-0.1, -0.05) is 17.7 Å². The summed E-state index contributed by atoms with van der Waals surface area (Å²) >= 11 is 7.36. The zero-order valence-corrected chi connectivity index (χ0v) is 10.5. The van der Waals surface area contributed by atoms with Crippen molar-refractivity contribution in [2.45, 2.75) is 6.42 Å². The van der Waals surface area contributed by atoms with Crippen LogP contribution in [0.1, 0.15) is 5.56 Å². The molecule has 1 N–H and O–H groups in total. The molecule has 0 aromatic heterocycles. The summed E-state index contributed by atoms with van der Waals surface area (Å²) in [5, 5.41) is 9.05. The van der Waals surface area contributed by atoms with Crippen molar-refractivity contribution in [3.05, 3.63) is 28.8 Å². The number of aliphatic carboxylic acids is 1. The maximum absolute atomic E-state index is 10.3. The van der Waals surface area contributed by atoms with Gasteiger partial charge in [-0.3, -0.25) is 4.79 Å². The van der Waals surface area contributed by atoms with Crippen molar-refractivity contribution in [3.8, 4) is 5.75 Å². The van der Waals surface area contributed by atoms with Gasteiger partial charge < -0.3 is 9.84 Å². The molecule has 0 atom stereocenters. The summed E-state index contributed by atoms with van der Waals surface area (Å²) in [7, 11) is 1.57. The zero-order chi connectivity index (χ0) is 12.0. The van der Waals surface area contributed by atoms with Crippen LogP contribution in [-0.4, -0.2) is 29.7 Å². The molecule has 16 heavy (non-hydrogen) atoms. The molecular formula is C11H13ClO3S. The van der Waals surface area contributed by atoms with Crippen LogP contribution < -0.4 is 4.74 Å². The number of rotatable bonds is 6. The highest BCUT2D eigenvalue weighted by Crippen LogP contribution is 2.25. The second-order valence-corrected chi connectivity index (χ2v) is 4.68. The molecule has 0 heterocycles. The molecule has 0 aliphatic rings. The summed E-state index contributed by atoms with van der Waals surface area (Å²) in [6, 6.07) is 5.60. The highest BCUT2D eigenvalue weighted by molar-refractivity contribution is 7.99. The number of benzene rings is 1. The summed E-state index contributed by atoms with van der Waals surface area (Å²) in [6.07, 6.45) is 0.807. The molecule has 0 bridgehead atoms. The van der Waals surface area contributed by atoms with Gasteiger partial charge in [-0.25, -0.2) is 0 Å². The van der Waals surface area contributed by atoms with Gasteiger partial charge in [0.1, 0.15) is 5.75 Å². The maximum Gasteiger partial charge on any atom is 0.313 e. The van der Waals surface area contributed by atoms with Crippen molar-refractivity contribution in [2.75, 3.05) is 18.6 Å². The van der Waals surface area contributed by atoms with E-state index in [1.807, 2.05) is 18.2 Å². The Morgan fingerprint density at radius 1 is 1.56 bits per heavy atom. The van der Waals surface area contributed by atoms with E-state index < -0.39 is 5.97 Å². The van der Waals surface area contributed by atoms with Gasteiger partial charge in [0, 0.05) is 0 Å². The van der Waals surface area contributed by atoms with Crippen LogP contribution in [0.5, 0.6) is 5.75 Å². The van der Waals surface area contributed by atoms with Crippen LogP contribution in [0.3, 0.4) is 0 Å². The minimum Gasteiger partial charge on any atom is -0.495 e. The Hall–Kier alpha value is -0.870. The van der Waals surface area contributed by atoms with Crippen molar-refractivity contribution < 1.29 is 14.6 Å². The fraction of sp³-hybridized carbons (Fsp3) is 0.364. The molecule has 5 heteroatoms. The number of methoxy groups -OCH3 is 1. The third kappa shape index (κ3) is 4.33. The average Bonchev–Trinajstić information content (AvgIpc) is 2.24. The number of carboxylic acids is 1. The molecule has 0 saturated carbocycles. The first-order valence-electron chi connectivity index (χ1n) is 4.75. The van der Waals surface area contributed by atoms with E-state index in [-0.39, 0.29) is 5.75 Å². The lowest BCUT2D eigenvalue weighted by Crippen LogP contribution is -2.00. The van der Waals surface area contributed by atoms with E-state index in [2.05, 4.69) is 0 Å². The van der Waals surface area contributed by atoms with Crippen molar-refractivity contribution in [1.82, 2.24) is 0 Å². The predicted octanol–water partition coefficient (Wildman–Crippen LogP) is 2.71. The van der Waals surface area contributed by atoms with Crippen LogP contribution in [0.15, 0.2) is 18.2 Å². The lowest BCUT2D eigenvalue weighted by Gasteiger charge is -2.05. The topological polar surface area (TPSA) is 46.5 Å². The Morgan fingerprint density at radius 3 is 2.88 bits per heavy atom. The third-order valence-corrected chi connectivity index (χ3v) is 3.22. The van der Waals surface area contributed by atoms with Crippen LogP contribution >= 0.6 is 23.4 Å². The second kappa shape index (κ2) is 6.66. The van der Waals surface area contributed by atoms with Gasteiger partial charge in [-0.15, -0.1) is 11.8 Å². The Balaban J connectivity index is 2.43. The van der Waals surface area contributed by atoms with Crippen LogP contribution in [0.2, 0.25) is 5.02 Å². The number of hydrogen-bond acceptors (Lipinski definition) is 3. The minimum absolute atomic E-state index is 0.143. The second-order valence-electron chi connectivity index (χ2n) is 3.17. The molecule has 0 aliphatic carbocycles. The van der Waals surface area contributed by atoms with Crippen LogP contribution in [0, 0.1) is 0 Å². The van der Waals surface area contributed by atoms with Gasteiger partial charge in [-0.05, 0) is 29.9 Å². The van der Waals surface area contributed by atoms with E-state index in [0.717, 1.165) is 17.7 Å². The largest absolute Gasteiger partial charge is 0.495 e. The number of halogens is 1. The molecule has 3 nitrogen and oxygen atoms in total. The fourth-order valence-electron chi connectivity index (χ4n) is 1.21. The van der Waals surface area contributed by atoms with Gasteiger partial charge in [0.2, 0.25) is 0 Å². The lowest BCUT2D eigenvalue weighted by atomic mass is 10.2. The Bertz CT molecular complexity index is 368. The zero-order valence-electron chi connectivity index (χ0n) is 8.90. The Kier molecular flexibility index (Phi) is 5.49. The molecule has 0 saturated heterocycles. The summed E-state index contributed by atoms with van der Waals surface area (Å²) in [5.41, 5.74) is 1.09. The Morgan fingerprint density at radius 2 is 2.31 bits per heavy atom. The third-order valence-electron chi connectivity index (χ3n) is 1.98. The normalized spacial score (nSPS) is 10.1. The fourth-order valence-corrected chi connectivity index (χ4v) is 2.19. The number of carboxylic acid groups (broad SMARTS) is 1. The smallest absolute Gasteiger partial charge is 0.313 e. The van der Waals surface area contributed by atoms with E-state index in [1.165, 1.54) is 11.8 Å². The molecule has 0 fully saturated rings.